The van der Waals surface area contributed by atoms with Gasteiger partial charge in [-0.25, -0.2) is 0 Å². The highest BCUT2D eigenvalue weighted by atomic mass is 16.4. The summed E-state index contributed by atoms with van der Waals surface area (Å²) in [7, 11) is 0. The number of nitrogens with zero attached hydrogens (tertiary/aromatic N) is 3. The van der Waals surface area contributed by atoms with E-state index in [4.69, 9.17) is 4.99 Å². The molecule has 2 aromatic carbocycles. The highest BCUT2D eigenvalue weighted by Gasteiger charge is 2.43. The summed E-state index contributed by atoms with van der Waals surface area (Å²) in [4.78, 5) is 21.8. The molecule has 0 fully saturated rings. The van der Waals surface area contributed by atoms with E-state index in [1.807, 2.05) is 0 Å². The summed E-state index contributed by atoms with van der Waals surface area (Å²) >= 11 is 0. The normalized spacial score (nSPS) is 22.0. The number of rotatable bonds is 8. The molecule has 1 aliphatic carbocycles. The fourth-order valence-corrected chi connectivity index (χ4v) is 8.28. The molecular formula is C38H53N3O2. The Bertz CT molecular complexity index is 1490. The first-order chi connectivity index (χ1) is 20.1. The van der Waals surface area contributed by atoms with E-state index in [0.717, 1.165) is 44.6 Å². The van der Waals surface area contributed by atoms with Gasteiger partial charge in [0.2, 0.25) is 0 Å². The maximum Gasteiger partial charge on any atom is 0.303 e. The molecule has 0 amide bonds. The first-order valence-corrected chi connectivity index (χ1v) is 16.5. The van der Waals surface area contributed by atoms with Crippen LogP contribution in [0.2, 0.25) is 0 Å². The van der Waals surface area contributed by atoms with Crippen molar-refractivity contribution in [2.75, 3.05) is 29.4 Å². The average molecular weight is 584 g/mol. The summed E-state index contributed by atoms with van der Waals surface area (Å²) in [6.07, 6.45) is 6.48. The summed E-state index contributed by atoms with van der Waals surface area (Å²) in [5, 5.41) is 9.38. The zero-order valence-electron chi connectivity index (χ0n) is 28.3. The van der Waals surface area contributed by atoms with E-state index in [-0.39, 0.29) is 22.9 Å². The van der Waals surface area contributed by atoms with Crippen LogP contribution in [-0.4, -0.2) is 47.5 Å². The van der Waals surface area contributed by atoms with Crippen LogP contribution in [0.25, 0.3) is 5.57 Å². The number of likely N-dealkylation sites (N-methyl/N-ethyl adjacent to an activating group) is 1. The number of anilines is 2. The SMILES string of the molecule is CCCCN=C1c2cc3c(cc2C(C)(C)c2cc4c(cc21)C(C)CC(C)(C)N4CCCC(=O)O)N(CC)C(C)(C)C=C3C. The van der Waals surface area contributed by atoms with Gasteiger partial charge < -0.3 is 14.9 Å². The van der Waals surface area contributed by atoms with E-state index in [1.165, 1.54) is 50.3 Å². The van der Waals surface area contributed by atoms with Gasteiger partial charge in [0, 0.05) is 65.1 Å². The zero-order chi connectivity index (χ0) is 31.5. The third-order valence-electron chi connectivity index (χ3n) is 10.4. The van der Waals surface area contributed by atoms with Crippen molar-refractivity contribution >= 4 is 28.6 Å². The molecule has 0 bridgehead atoms. The van der Waals surface area contributed by atoms with Crippen LogP contribution in [0, 0.1) is 0 Å². The molecular weight excluding hydrogens is 530 g/mol. The second kappa shape index (κ2) is 11.1. The number of carboxylic acids is 1. The van der Waals surface area contributed by atoms with E-state index in [1.54, 1.807) is 0 Å². The summed E-state index contributed by atoms with van der Waals surface area (Å²) < 4.78 is 0. The number of fused-ring (bicyclic) bond motifs is 4. The molecule has 5 nitrogen and oxygen atoms in total. The molecule has 5 rings (SSSR count). The number of hydrogen-bond acceptors (Lipinski definition) is 4. The van der Waals surface area contributed by atoms with Gasteiger partial charge in [-0.2, -0.15) is 0 Å². The lowest BCUT2D eigenvalue weighted by Gasteiger charge is -2.49. The Balaban J connectivity index is 1.75. The Morgan fingerprint density at radius 1 is 0.930 bits per heavy atom. The lowest BCUT2D eigenvalue weighted by Crippen LogP contribution is -2.49. The second-order valence-corrected chi connectivity index (χ2v) is 14.9. The van der Waals surface area contributed by atoms with Crippen LogP contribution in [0.4, 0.5) is 11.4 Å². The Labute approximate surface area is 260 Å². The summed E-state index contributed by atoms with van der Waals surface area (Å²) in [5.74, 6) is -0.321. The van der Waals surface area contributed by atoms with Gasteiger partial charge in [0.05, 0.1) is 11.3 Å². The Morgan fingerprint density at radius 2 is 1.58 bits per heavy atom. The standard InChI is InChI=1S/C38H53N3O2/c1-11-13-16-39-35-28-18-26-24(3)22-36(5,6)40(12-2)32(26)20-30(28)38(9,10)31-21-33-27(19-29(31)35)25(4)23-37(7,8)41(33)17-14-15-34(42)43/h18-22,25H,11-17,23H2,1-10H3,(H,42,43). The Kier molecular flexibility index (Phi) is 8.11. The first kappa shape index (κ1) is 31.3. The second-order valence-electron chi connectivity index (χ2n) is 14.9. The van der Waals surface area contributed by atoms with Crippen LogP contribution in [0.3, 0.4) is 0 Å². The molecule has 0 spiro atoms. The number of aliphatic carboxylic acids is 1. The molecule has 5 heteroatoms. The number of unbranched alkanes of at least 4 members (excludes halogenated alkanes) is 1. The molecule has 0 aromatic heterocycles. The molecule has 2 aliphatic heterocycles. The maximum atomic E-state index is 11.4. The van der Waals surface area contributed by atoms with Crippen molar-refractivity contribution in [1.82, 2.24) is 0 Å². The molecule has 3 aliphatic rings. The van der Waals surface area contributed by atoms with E-state index < -0.39 is 5.97 Å². The van der Waals surface area contributed by atoms with Gasteiger partial charge in [-0.05, 0) is 113 Å². The van der Waals surface area contributed by atoms with E-state index >= 15 is 0 Å². The molecule has 1 atom stereocenters. The number of allylic oxidation sites excluding steroid dienone is 1. The Morgan fingerprint density at radius 3 is 2.21 bits per heavy atom. The molecule has 0 saturated heterocycles. The van der Waals surface area contributed by atoms with Crippen molar-refractivity contribution < 1.29 is 9.90 Å². The van der Waals surface area contributed by atoms with Gasteiger partial charge in [-0.15, -0.1) is 0 Å². The molecule has 2 heterocycles. The van der Waals surface area contributed by atoms with Crippen molar-refractivity contribution in [3.63, 3.8) is 0 Å². The number of aliphatic imine (C=N–C) groups is 1. The molecule has 1 unspecified atom stereocenters. The molecule has 2 aromatic rings. The van der Waals surface area contributed by atoms with Gasteiger partial charge in [0.1, 0.15) is 0 Å². The van der Waals surface area contributed by atoms with Crippen LogP contribution in [0.5, 0.6) is 0 Å². The predicted molar refractivity (Wildman–Crippen MR) is 183 cm³/mol. The lowest BCUT2D eigenvalue weighted by atomic mass is 9.65. The van der Waals surface area contributed by atoms with Crippen molar-refractivity contribution in [2.45, 2.75) is 124 Å². The minimum atomic E-state index is -0.725. The van der Waals surface area contributed by atoms with Crippen molar-refractivity contribution in [2.24, 2.45) is 4.99 Å². The van der Waals surface area contributed by atoms with Crippen molar-refractivity contribution in [3.05, 3.63) is 63.7 Å². The molecule has 1 N–H and O–H groups in total. The Hall–Kier alpha value is -3.08. The number of benzene rings is 2. The third-order valence-corrected chi connectivity index (χ3v) is 10.4. The number of carbonyl (C=O) groups is 1. The monoisotopic (exact) mass is 583 g/mol. The number of carboxylic acid groups (broad SMARTS) is 1. The molecule has 0 saturated carbocycles. The molecule has 0 radical (unpaired) electrons. The van der Waals surface area contributed by atoms with Crippen LogP contribution in [0.1, 0.15) is 141 Å². The highest BCUT2D eigenvalue weighted by Crippen LogP contribution is 2.51. The summed E-state index contributed by atoms with van der Waals surface area (Å²) in [6, 6.07) is 9.82. The number of hydrogen-bond donors (Lipinski definition) is 1. The first-order valence-electron chi connectivity index (χ1n) is 16.5. The maximum absolute atomic E-state index is 11.4. The van der Waals surface area contributed by atoms with Crippen LogP contribution in [-0.2, 0) is 10.2 Å². The highest BCUT2D eigenvalue weighted by molar-refractivity contribution is 6.18. The fourth-order valence-electron chi connectivity index (χ4n) is 8.28. The lowest BCUT2D eigenvalue weighted by molar-refractivity contribution is -0.137. The quantitative estimate of drug-likeness (QED) is 0.315. The zero-order valence-corrected chi connectivity index (χ0v) is 28.3. The van der Waals surface area contributed by atoms with Gasteiger partial charge in [0.15, 0.2) is 0 Å². The summed E-state index contributed by atoms with van der Waals surface area (Å²) in [6.45, 7) is 25.6. The van der Waals surface area contributed by atoms with Gasteiger partial charge in [0.25, 0.3) is 0 Å². The van der Waals surface area contributed by atoms with Gasteiger partial charge in [-0.3, -0.25) is 9.79 Å². The minimum absolute atomic E-state index is 0.0495. The topological polar surface area (TPSA) is 56.1 Å². The van der Waals surface area contributed by atoms with Crippen molar-refractivity contribution in [1.29, 1.82) is 0 Å². The smallest absolute Gasteiger partial charge is 0.303 e. The molecule has 43 heavy (non-hydrogen) atoms. The van der Waals surface area contributed by atoms with E-state index in [2.05, 4.69) is 109 Å². The summed E-state index contributed by atoms with van der Waals surface area (Å²) in [5.41, 5.74) is 12.6. The molecule has 232 valence electrons. The van der Waals surface area contributed by atoms with Gasteiger partial charge in [-0.1, -0.05) is 40.2 Å². The van der Waals surface area contributed by atoms with Crippen LogP contribution >= 0.6 is 0 Å². The van der Waals surface area contributed by atoms with Crippen LogP contribution < -0.4 is 9.80 Å². The average Bonchev–Trinajstić information content (AvgIpc) is 2.90. The predicted octanol–water partition coefficient (Wildman–Crippen LogP) is 8.94. The third kappa shape index (κ3) is 5.31. The van der Waals surface area contributed by atoms with E-state index in [0.29, 0.717) is 12.3 Å². The van der Waals surface area contributed by atoms with Gasteiger partial charge >= 0.3 is 5.97 Å². The minimum Gasteiger partial charge on any atom is -0.481 e. The van der Waals surface area contributed by atoms with Crippen molar-refractivity contribution in [3.8, 4) is 0 Å². The largest absolute Gasteiger partial charge is 0.481 e. The fraction of sp³-hybridized carbons (Fsp3) is 0.579. The van der Waals surface area contributed by atoms with E-state index in [9.17, 15) is 9.90 Å². The van der Waals surface area contributed by atoms with Crippen LogP contribution in [0.15, 0.2) is 35.3 Å².